The third kappa shape index (κ3) is 3.16. The van der Waals surface area contributed by atoms with Crippen LogP contribution in [0.5, 0.6) is 0 Å². The van der Waals surface area contributed by atoms with Crippen molar-refractivity contribution in [2.45, 2.75) is 19.9 Å². The first-order chi connectivity index (χ1) is 11.5. The molecule has 2 heterocycles. The van der Waals surface area contributed by atoms with E-state index >= 15 is 0 Å². The fourth-order valence-electron chi connectivity index (χ4n) is 2.43. The van der Waals surface area contributed by atoms with E-state index < -0.39 is 0 Å². The van der Waals surface area contributed by atoms with E-state index in [9.17, 15) is 9.59 Å². The van der Waals surface area contributed by atoms with Crippen LogP contribution in [0.3, 0.4) is 0 Å². The summed E-state index contributed by atoms with van der Waals surface area (Å²) in [4.78, 5) is 28.6. The zero-order valence-corrected chi connectivity index (χ0v) is 14.0. The molecule has 1 N–H and O–H groups in total. The zero-order chi connectivity index (χ0) is 17.3. The van der Waals surface area contributed by atoms with Crippen molar-refractivity contribution in [3.63, 3.8) is 0 Å². The number of anilines is 1. The average molecular weight is 346 g/mol. The van der Waals surface area contributed by atoms with Gasteiger partial charge in [0, 0.05) is 30.7 Å². The molecule has 0 aliphatic carbocycles. The molecular weight excluding hydrogens is 330 g/mol. The minimum absolute atomic E-state index is 0.162. The molecule has 7 nitrogen and oxygen atoms in total. The minimum Gasteiger partial charge on any atom is -0.326 e. The van der Waals surface area contributed by atoms with Gasteiger partial charge in [-0.1, -0.05) is 11.6 Å². The van der Waals surface area contributed by atoms with Crippen molar-refractivity contribution in [3.05, 3.63) is 51.7 Å². The number of carbonyl (C=O) groups is 1. The van der Waals surface area contributed by atoms with Gasteiger partial charge in [-0.2, -0.15) is 5.10 Å². The molecule has 0 bridgehead atoms. The van der Waals surface area contributed by atoms with Crippen molar-refractivity contribution in [3.8, 4) is 0 Å². The predicted octanol–water partition coefficient (Wildman–Crippen LogP) is 2.12. The lowest BCUT2D eigenvalue weighted by Crippen LogP contribution is -2.23. The summed E-state index contributed by atoms with van der Waals surface area (Å²) in [5.74, 6) is -0.182. The SMILES string of the molecule is Cc1cc(Cl)ccc1NC(=O)CCn1cnc2c(cnn2C)c1=O. The molecule has 24 heavy (non-hydrogen) atoms. The summed E-state index contributed by atoms with van der Waals surface area (Å²) >= 11 is 5.90. The molecule has 0 unspecified atom stereocenters. The third-order valence-corrected chi connectivity index (χ3v) is 4.00. The summed E-state index contributed by atoms with van der Waals surface area (Å²) in [6, 6.07) is 5.25. The maximum atomic E-state index is 12.3. The van der Waals surface area contributed by atoms with E-state index in [0.29, 0.717) is 21.7 Å². The molecule has 2 aromatic heterocycles. The van der Waals surface area contributed by atoms with E-state index in [4.69, 9.17) is 11.6 Å². The Morgan fingerprint density at radius 3 is 2.92 bits per heavy atom. The van der Waals surface area contributed by atoms with Crippen LogP contribution in [0.15, 0.2) is 35.5 Å². The highest BCUT2D eigenvalue weighted by atomic mass is 35.5. The van der Waals surface area contributed by atoms with Crippen LogP contribution in [-0.2, 0) is 18.4 Å². The Kier molecular flexibility index (Phi) is 4.35. The maximum Gasteiger partial charge on any atom is 0.264 e. The van der Waals surface area contributed by atoms with Gasteiger partial charge in [-0.25, -0.2) is 4.98 Å². The molecule has 8 heteroatoms. The normalized spacial score (nSPS) is 11.0. The van der Waals surface area contributed by atoms with E-state index in [0.717, 1.165) is 5.56 Å². The standard InChI is InChI=1S/C16H16ClN5O2/c1-10-7-11(17)3-4-13(10)20-14(23)5-6-22-9-18-15-12(16(22)24)8-19-21(15)2/h3-4,7-9H,5-6H2,1-2H3,(H,20,23). The van der Waals surface area contributed by atoms with Crippen LogP contribution in [-0.4, -0.2) is 25.2 Å². The fourth-order valence-corrected chi connectivity index (χ4v) is 2.65. The number of aromatic nitrogens is 4. The zero-order valence-electron chi connectivity index (χ0n) is 13.3. The van der Waals surface area contributed by atoms with E-state index in [-0.39, 0.29) is 24.4 Å². The van der Waals surface area contributed by atoms with Crippen LogP contribution >= 0.6 is 11.6 Å². The number of amides is 1. The van der Waals surface area contributed by atoms with Gasteiger partial charge in [0.25, 0.3) is 5.56 Å². The van der Waals surface area contributed by atoms with Crippen LogP contribution in [0.4, 0.5) is 5.69 Å². The van der Waals surface area contributed by atoms with Crippen molar-refractivity contribution in [1.82, 2.24) is 19.3 Å². The molecule has 0 aliphatic heterocycles. The number of fused-ring (bicyclic) bond motifs is 1. The topological polar surface area (TPSA) is 81.8 Å². The van der Waals surface area contributed by atoms with E-state index in [2.05, 4.69) is 15.4 Å². The number of aryl methyl sites for hydroxylation is 3. The first-order valence-electron chi connectivity index (χ1n) is 7.39. The summed E-state index contributed by atoms with van der Waals surface area (Å²) in [6.45, 7) is 2.11. The minimum atomic E-state index is -0.205. The summed E-state index contributed by atoms with van der Waals surface area (Å²) in [5, 5.41) is 7.89. The number of nitrogens with zero attached hydrogens (tertiary/aromatic N) is 4. The third-order valence-electron chi connectivity index (χ3n) is 3.76. The number of nitrogens with one attached hydrogen (secondary N) is 1. The summed E-state index contributed by atoms with van der Waals surface area (Å²) < 4.78 is 2.95. The van der Waals surface area contributed by atoms with E-state index in [1.165, 1.54) is 21.8 Å². The summed E-state index contributed by atoms with van der Waals surface area (Å²) in [5.41, 5.74) is 1.91. The van der Waals surface area contributed by atoms with Gasteiger partial charge in [0.2, 0.25) is 5.91 Å². The molecule has 3 rings (SSSR count). The fraction of sp³-hybridized carbons (Fsp3) is 0.250. The van der Waals surface area contributed by atoms with Gasteiger partial charge < -0.3 is 5.32 Å². The van der Waals surface area contributed by atoms with Crippen LogP contribution in [0.25, 0.3) is 11.0 Å². The molecule has 0 saturated heterocycles. The quantitative estimate of drug-likeness (QED) is 0.785. The first kappa shape index (κ1) is 16.2. The van der Waals surface area contributed by atoms with Crippen LogP contribution in [0.2, 0.25) is 5.02 Å². The molecule has 0 saturated carbocycles. The molecule has 0 aliphatic rings. The summed E-state index contributed by atoms with van der Waals surface area (Å²) in [7, 11) is 1.72. The number of rotatable bonds is 4. The number of hydrogen-bond acceptors (Lipinski definition) is 4. The Bertz CT molecular complexity index is 976. The second-order valence-corrected chi connectivity index (χ2v) is 5.94. The van der Waals surface area contributed by atoms with E-state index in [1.807, 2.05) is 6.92 Å². The van der Waals surface area contributed by atoms with Gasteiger partial charge in [-0.05, 0) is 30.7 Å². The van der Waals surface area contributed by atoms with Crippen LogP contribution in [0, 0.1) is 6.92 Å². The average Bonchev–Trinajstić information content (AvgIpc) is 2.92. The highest BCUT2D eigenvalue weighted by Gasteiger charge is 2.10. The monoisotopic (exact) mass is 345 g/mol. The lowest BCUT2D eigenvalue weighted by molar-refractivity contribution is -0.116. The Balaban J connectivity index is 1.70. The second-order valence-electron chi connectivity index (χ2n) is 5.51. The van der Waals surface area contributed by atoms with Gasteiger partial charge in [0.1, 0.15) is 5.39 Å². The van der Waals surface area contributed by atoms with Gasteiger partial charge in [-0.3, -0.25) is 18.8 Å². The number of benzene rings is 1. The molecular formula is C16H16ClN5O2. The van der Waals surface area contributed by atoms with Crippen LogP contribution in [0.1, 0.15) is 12.0 Å². The van der Waals surface area contributed by atoms with Gasteiger partial charge >= 0.3 is 0 Å². The highest BCUT2D eigenvalue weighted by Crippen LogP contribution is 2.19. The van der Waals surface area contributed by atoms with Crippen molar-refractivity contribution in [2.75, 3.05) is 5.32 Å². The van der Waals surface area contributed by atoms with Crippen molar-refractivity contribution in [2.24, 2.45) is 7.05 Å². The molecule has 0 spiro atoms. The Morgan fingerprint density at radius 2 is 2.17 bits per heavy atom. The Labute approximate surface area is 142 Å². The lowest BCUT2D eigenvalue weighted by atomic mass is 10.2. The molecule has 124 valence electrons. The maximum absolute atomic E-state index is 12.3. The van der Waals surface area contributed by atoms with Gasteiger partial charge in [0.15, 0.2) is 5.65 Å². The predicted molar refractivity (Wildman–Crippen MR) is 92.2 cm³/mol. The molecule has 1 amide bonds. The molecule has 0 atom stereocenters. The van der Waals surface area contributed by atoms with Gasteiger partial charge in [0.05, 0.1) is 12.5 Å². The number of hydrogen-bond donors (Lipinski definition) is 1. The smallest absolute Gasteiger partial charge is 0.264 e. The lowest BCUT2D eigenvalue weighted by Gasteiger charge is -2.09. The molecule has 1 aromatic carbocycles. The first-order valence-corrected chi connectivity index (χ1v) is 7.76. The van der Waals surface area contributed by atoms with Gasteiger partial charge in [-0.15, -0.1) is 0 Å². The molecule has 3 aromatic rings. The van der Waals surface area contributed by atoms with Crippen molar-refractivity contribution in [1.29, 1.82) is 0 Å². The second kappa shape index (κ2) is 6.45. The van der Waals surface area contributed by atoms with Crippen molar-refractivity contribution >= 4 is 34.2 Å². The molecule has 0 fully saturated rings. The number of halogens is 1. The number of carbonyl (C=O) groups excluding carboxylic acids is 1. The summed E-state index contributed by atoms with van der Waals surface area (Å²) in [6.07, 6.45) is 3.08. The van der Waals surface area contributed by atoms with Crippen LogP contribution < -0.4 is 10.9 Å². The largest absolute Gasteiger partial charge is 0.326 e. The molecule has 0 radical (unpaired) electrons. The van der Waals surface area contributed by atoms with E-state index in [1.54, 1.807) is 25.2 Å². The Morgan fingerprint density at radius 1 is 1.38 bits per heavy atom. The highest BCUT2D eigenvalue weighted by molar-refractivity contribution is 6.30. The Hall–Kier alpha value is -2.67. The van der Waals surface area contributed by atoms with Crippen molar-refractivity contribution < 1.29 is 4.79 Å².